The molecule has 1 aromatic carbocycles. The maximum atomic E-state index is 11.6. The van der Waals surface area contributed by atoms with Gasteiger partial charge in [-0.25, -0.2) is 5.43 Å². The maximum absolute atomic E-state index is 11.6. The summed E-state index contributed by atoms with van der Waals surface area (Å²) in [4.78, 5) is 33.7. The van der Waals surface area contributed by atoms with Crippen LogP contribution in [0.4, 0.5) is 0 Å². The van der Waals surface area contributed by atoms with E-state index in [4.69, 9.17) is 21.1 Å². The molecule has 0 unspecified atom stereocenters. The van der Waals surface area contributed by atoms with E-state index in [2.05, 4.69) is 15.8 Å². The van der Waals surface area contributed by atoms with Gasteiger partial charge < -0.3 is 24.7 Å². The number of aliphatic carboxylic acids is 1. The summed E-state index contributed by atoms with van der Waals surface area (Å²) in [5.74, 6) is -2.64. The van der Waals surface area contributed by atoms with E-state index in [9.17, 15) is 19.5 Å². The molecule has 0 radical (unpaired) electrons. The third-order valence-electron chi connectivity index (χ3n) is 2.92. The number of rotatable bonds is 9. The Kier molecular flexibility index (Phi) is 9.07. The van der Waals surface area contributed by atoms with Crippen LogP contribution >= 0.6 is 11.6 Å². The lowest BCUT2D eigenvalue weighted by Crippen LogP contribution is -2.39. The van der Waals surface area contributed by atoms with Crippen molar-refractivity contribution in [2.24, 2.45) is 11.0 Å². The van der Waals surface area contributed by atoms with Crippen molar-refractivity contribution < 1.29 is 29.0 Å². The fourth-order valence-electron chi connectivity index (χ4n) is 1.79. The van der Waals surface area contributed by atoms with Crippen LogP contribution in [0.2, 0.25) is 5.02 Å². The molecule has 0 aliphatic heterocycles. The average molecular weight is 399 g/mol. The second-order valence-electron chi connectivity index (χ2n) is 5.73. The van der Waals surface area contributed by atoms with Crippen LogP contribution in [-0.2, 0) is 14.4 Å². The van der Waals surface area contributed by atoms with Gasteiger partial charge in [0.2, 0.25) is 0 Å². The van der Waals surface area contributed by atoms with Crippen molar-refractivity contribution in [1.29, 1.82) is 0 Å². The quantitative estimate of drug-likeness (QED) is 0.344. The minimum absolute atomic E-state index is 0.0527. The molecule has 0 fully saturated rings. The van der Waals surface area contributed by atoms with Gasteiger partial charge >= 0.3 is 11.8 Å². The van der Waals surface area contributed by atoms with Gasteiger partial charge in [-0.3, -0.25) is 9.59 Å². The number of ether oxygens (including phenoxy) is 2. The number of carbonyl (C=O) groups is 3. The molecule has 0 atom stereocenters. The fourth-order valence-corrected chi connectivity index (χ4v) is 2.06. The van der Waals surface area contributed by atoms with Gasteiger partial charge in [-0.05, 0) is 30.5 Å². The first-order valence-corrected chi connectivity index (χ1v) is 8.52. The van der Waals surface area contributed by atoms with Gasteiger partial charge in [0.15, 0.2) is 11.5 Å². The molecule has 0 heterocycles. The minimum atomic E-state index is -1.40. The second kappa shape index (κ2) is 11.0. The van der Waals surface area contributed by atoms with E-state index in [1.165, 1.54) is 18.3 Å². The van der Waals surface area contributed by atoms with Gasteiger partial charge in [0.25, 0.3) is 0 Å². The van der Waals surface area contributed by atoms with Crippen LogP contribution in [0.5, 0.6) is 11.5 Å². The SMILES string of the molecule is CCOc1cc(/C=N\NC(=O)C(=O)NCC(C)C)cc(Cl)c1OCC(=O)[O-]. The highest BCUT2D eigenvalue weighted by molar-refractivity contribution is 6.35. The molecule has 0 bridgehead atoms. The van der Waals surface area contributed by atoms with Crippen molar-refractivity contribution in [2.45, 2.75) is 20.8 Å². The third kappa shape index (κ3) is 7.95. The lowest BCUT2D eigenvalue weighted by Gasteiger charge is -2.14. The summed E-state index contributed by atoms with van der Waals surface area (Å²) in [5.41, 5.74) is 2.53. The third-order valence-corrected chi connectivity index (χ3v) is 3.20. The Balaban J connectivity index is 2.82. The maximum Gasteiger partial charge on any atom is 0.329 e. The summed E-state index contributed by atoms with van der Waals surface area (Å²) in [7, 11) is 0. The molecule has 10 heteroatoms. The van der Waals surface area contributed by atoms with Gasteiger partial charge in [-0.1, -0.05) is 25.4 Å². The lowest BCUT2D eigenvalue weighted by atomic mass is 10.2. The second-order valence-corrected chi connectivity index (χ2v) is 6.13. The van der Waals surface area contributed by atoms with Crippen molar-refractivity contribution in [3.63, 3.8) is 0 Å². The van der Waals surface area contributed by atoms with E-state index in [0.29, 0.717) is 12.1 Å². The molecular weight excluding hydrogens is 378 g/mol. The van der Waals surface area contributed by atoms with Gasteiger partial charge in [-0.15, -0.1) is 0 Å². The van der Waals surface area contributed by atoms with Crippen LogP contribution in [0.25, 0.3) is 0 Å². The largest absolute Gasteiger partial charge is 0.546 e. The predicted octanol–water partition coefficient (Wildman–Crippen LogP) is 0.0897. The number of hydrazone groups is 1. The molecule has 0 saturated carbocycles. The molecule has 9 nitrogen and oxygen atoms in total. The molecule has 1 rings (SSSR count). The van der Waals surface area contributed by atoms with Gasteiger partial charge in [0.1, 0.15) is 6.61 Å². The van der Waals surface area contributed by atoms with Crippen LogP contribution in [0, 0.1) is 5.92 Å². The summed E-state index contributed by atoms with van der Waals surface area (Å²) >= 11 is 6.09. The Morgan fingerprint density at radius 2 is 1.96 bits per heavy atom. The van der Waals surface area contributed by atoms with E-state index < -0.39 is 24.4 Å². The predicted molar refractivity (Wildman–Crippen MR) is 96.7 cm³/mol. The number of halogens is 1. The monoisotopic (exact) mass is 398 g/mol. The molecule has 0 aliphatic rings. The lowest BCUT2D eigenvalue weighted by molar-refractivity contribution is -0.307. The number of nitrogens with one attached hydrogen (secondary N) is 2. The summed E-state index contributed by atoms with van der Waals surface area (Å²) in [6, 6.07) is 2.93. The van der Waals surface area contributed by atoms with E-state index >= 15 is 0 Å². The van der Waals surface area contributed by atoms with Crippen LogP contribution in [-0.4, -0.2) is 43.8 Å². The number of amides is 2. The zero-order valence-electron chi connectivity index (χ0n) is 15.2. The highest BCUT2D eigenvalue weighted by atomic mass is 35.5. The summed E-state index contributed by atoms with van der Waals surface area (Å²) in [6.45, 7) is 5.50. The van der Waals surface area contributed by atoms with E-state index in [1.54, 1.807) is 6.92 Å². The molecule has 0 saturated heterocycles. The number of carbonyl (C=O) groups excluding carboxylic acids is 3. The molecule has 0 aromatic heterocycles. The summed E-state index contributed by atoms with van der Waals surface area (Å²) < 4.78 is 10.4. The first kappa shape index (κ1) is 22.2. The number of nitrogens with zero attached hydrogens (tertiary/aromatic N) is 1. The smallest absolute Gasteiger partial charge is 0.329 e. The first-order valence-electron chi connectivity index (χ1n) is 8.14. The van der Waals surface area contributed by atoms with Crippen molar-refractivity contribution in [1.82, 2.24) is 10.7 Å². The van der Waals surface area contributed by atoms with Crippen molar-refractivity contribution in [2.75, 3.05) is 19.8 Å². The van der Waals surface area contributed by atoms with Crippen molar-refractivity contribution in [3.8, 4) is 11.5 Å². The van der Waals surface area contributed by atoms with Gasteiger partial charge in [0, 0.05) is 6.54 Å². The van der Waals surface area contributed by atoms with E-state index in [-0.39, 0.29) is 29.0 Å². The zero-order valence-corrected chi connectivity index (χ0v) is 16.0. The molecule has 148 valence electrons. The van der Waals surface area contributed by atoms with Crippen LogP contribution in [0.15, 0.2) is 17.2 Å². The standard InChI is InChI=1S/C17H22ClN3O6/c1-4-26-13-6-11(5-12(18)15(13)27-9-14(22)23)8-20-21-17(25)16(24)19-7-10(2)3/h5-6,8,10H,4,7,9H2,1-3H3,(H,19,24)(H,21,25)(H,22,23)/p-1/b20-8-. The fraction of sp³-hybridized carbons (Fsp3) is 0.412. The summed E-state index contributed by atoms with van der Waals surface area (Å²) in [5, 5.41) is 16.8. The Hall–Kier alpha value is -2.81. The Morgan fingerprint density at radius 3 is 2.56 bits per heavy atom. The highest BCUT2D eigenvalue weighted by Crippen LogP contribution is 2.36. The van der Waals surface area contributed by atoms with E-state index in [0.717, 1.165) is 0 Å². The molecule has 1 aromatic rings. The Morgan fingerprint density at radius 1 is 1.26 bits per heavy atom. The average Bonchev–Trinajstić information content (AvgIpc) is 2.58. The number of hydrogen-bond donors (Lipinski definition) is 2. The minimum Gasteiger partial charge on any atom is -0.546 e. The Bertz CT molecular complexity index is 721. The van der Waals surface area contributed by atoms with Gasteiger partial charge in [-0.2, -0.15) is 5.10 Å². The molecule has 0 spiro atoms. The molecular formula is C17H21ClN3O6-. The zero-order chi connectivity index (χ0) is 20.4. The molecule has 2 amide bonds. The topological polar surface area (TPSA) is 129 Å². The number of carboxylic acid groups (broad SMARTS) is 1. The number of carboxylic acids is 1. The van der Waals surface area contributed by atoms with Crippen molar-refractivity contribution >= 4 is 35.6 Å². The van der Waals surface area contributed by atoms with Crippen molar-refractivity contribution in [3.05, 3.63) is 22.7 Å². The molecule has 2 N–H and O–H groups in total. The molecule has 27 heavy (non-hydrogen) atoms. The molecule has 0 aliphatic carbocycles. The van der Waals surface area contributed by atoms with E-state index in [1.807, 2.05) is 13.8 Å². The normalized spacial score (nSPS) is 10.7. The first-order chi connectivity index (χ1) is 12.7. The van der Waals surface area contributed by atoms with Crippen LogP contribution < -0.4 is 25.3 Å². The highest BCUT2D eigenvalue weighted by Gasteiger charge is 2.14. The summed E-state index contributed by atoms with van der Waals surface area (Å²) in [6.07, 6.45) is 1.25. The van der Waals surface area contributed by atoms with Crippen LogP contribution in [0.3, 0.4) is 0 Å². The number of benzene rings is 1. The Labute approximate surface area is 161 Å². The number of hydrogen-bond acceptors (Lipinski definition) is 7. The van der Waals surface area contributed by atoms with Crippen LogP contribution in [0.1, 0.15) is 26.3 Å². The van der Waals surface area contributed by atoms with Gasteiger partial charge in [0.05, 0.1) is 23.8 Å².